The molecule has 2 aromatic heterocycles. The predicted molar refractivity (Wildman–Crippen MR) is 194 cm³/mol. The molecule has 16 heteroatoms. The number of carbonyl (C=O) groups excluding carboxylic acids is 3. The molecule has 0 bridgehead atoms. The summed E-state index contributed by atoms with van der Waals surface area (Å²) in [4.78, 5) is 52.4. The number of pyridine rings is 1. The highest BCUT2D eigenvalue weighted by Crippen LogP contribution is 2.46. The second kappa shape index (κ2) is 14.8. The van der Waals surface area contributed by atoms with E-state index < -0.39 is 51.7 Å². The minimum absolute atomic E-state index is 0.103. The van der Waals surface area contributed by atoms with Gasteiger partial charge in [-0.25, -0.2) is 19.5 Å². The molecule has 0 unspecified atom stereocenters. The van der Waals surface area contributed by atoms with Crippen molar-refractivity contribution in [1.82, 2.24) is 34.5 Å². The topological polar surface area (TPSA) is 172 Å². The second-order valence-electron chi connectivity index (χ2n) is 13.8. The number of fused-ring (bicyclic) bond motifs is 3. The van der Waals surface area contributed by atoms with E-state index in [2.05, 4.69) is 29.2 Å². The summed E-state index contributed by atoms with van der Waals surface area (Å²) < 4.78 is 40.3. The van der Waals surface area contributed by atoms with Crippen molar-refractivity contribution >= 4 is 50.3 Å². The Labute approximate surface area is 302 Å². The first kappa shape index (κ1) is 36.5. The monoisotopic (exact) mass is 739 g/mol. The van der Waals surface area contributed by atoms with Crippen LogP contribution in [-0.4, -0.2) is 97.4 Å². The minimum Gasteiger partial charge on any atom is -0.497 e. The van der Waals surface area contributed by atoms with Crippen LogP contribution in [0.2, 0.25) is 0 Å². The van der Waals surface area contributed by atoms with Gasteiger partial charge >= 0.3 is 16.2 Å². The van der Waals surface area contributed by atoms with Gasteiger partial charge in [0.05, 0.1) is 24.9 Å². The van der Waals surface area contributed by atoms with Crippen LogP contribution in [0.4, 0.5) is 4.79 Å². The van der Waals surface area contributed by atoms with E-state index in [0.717, 1.165) is 46.1 Å². The summed E-state index contributed by atoms with van der Waals surface area (Å²) in [6.45, 7) is 4.71. The number of allylic oxidation sites excluding steroid dienone is 1. The fraction of sp³-hybridized carbons (Fsp3) is 0.514. The number of carbonyl (C=O) groups is 3. The highest BCUT2D eigenvalue weighted by atomic mass is 32.2. The molecule has 1 saturated carbocycles. The van der Waals surface area contributed by atoms with Crippen LogP contribution in [0.3, 0.4) is 0 Å². The molecule has 4 heterocycles. The first-order valence-corrected chi connectivity index (χ1v) is 19.5. The Balaban J connectivity index is 1.31. The number of amides is 4. The van der Waals surface area contributed by atoms with Crippen molar-refractivity contribution in [2.24, 2.45) is 5.92 Å². The highest BCUT2D eigenvalue weighted by molar-refractivity contribution is 7.87. The maximum absolute atomic E-state index is 14.1. The van der Waals surface area contributed by atoms with Gasteiger partial charge in [0.2, 0.25) is 5.91 Å². The molecule has 51 heavy (non-hydrogen) atoms. The average Bonchev–Trinajstić information content (AvgIpc) is 3.38. The smallest absolute Gasteiger partial charge is 0.318 e. The Hall–Kier alpha value is -4.28. The SMILES string of the molecule is COc1ccc2c(O[C@@H]3C[C@H]4C(=O)N[C@]5(C(=O)NS(=O)(=O)N(C)C)C[C@H]5/C=C\CCCCCNC(=O)N4C3)cc(-c3nc(C(C)C)cs3)nc2c1. The number of urea groups is 1. The quantitative estimate of drug-likeness (QED) is 0.290. The highest BCUT2D eigenvalue weighted by Gasteiger charge is 2.61. The first-order valence-electron chi connectivity index (χ1n) is 17.2. The van der Waals surface area contributed by atoms with Gasteiger partial charge < -0.3 is 25.0 Å². The van der Waals surface area contributed by atoms with Crippen LogP contribution >= 0.6 is 11.3 Å². The number of hydrogen-bond acceptors (Lipinski definition) is 10. The fourth-order valence-electron chi connectivity index (χ4n) is 6.42. The maximum Gasteiger partial charge on any atom is 0.318 e. The Morgan fingerprint density at radius 2 is 1.96 bits per heavy atom. The summed E-state index contributed by atoms with van der Waals surface area (Å²) in [5.41, 5.74) is 0.747. The van der Waals surface area contributed by atoms with Gasteiger partial charge in [0.15, 0.2) is 0 Å². The lowest BCUT2D eigenvalue weighted by atomic mass is 10.1. The molecule has 4 atom stereocenters. The molecule has 6 rings (SSSR count). The van der Waals surface area contributed by atoms with Crippen molar-refractivity contribution in [3.63, 3.8) is 0 Å². The zero-order valence-corrected chi connectivity index (χ0v) is 31.1. The third kappa shape index (κ3) is 7.82. The van der Waals surface area contributed by atoms with Crippen molar-refractivity contribution in [2.45, 2.75) is 76.0 Å². The van der Waals surface area contributed by atoms with Crippen molar-refractivity contribution in [3.05, 3.63) is 47.5 Å². The lowest BCUT2D eigenvalue weighted by Crippen LogP contribution is -2.58. The van der Waals surface area contributed by atoms with E-state index >= 15 is 0 Å². The van der Waals surface area contributed by atoms with Gasteiger partial charge in [0.1, 0.15) is 39.9 Å². The Morgan fingerprint density at radius 1 is 1.16 bits per heavy atom. The van der Waals surface area contributed by atoms with Crippen molar-refractivity contribution < 1.29 is 32.3 Å². The molecule has 1 aliphatic carbocycles. The Kier molecular flexibility index (Phi) is 10.6. The van der Waals surface area contributed by atoms with Crippen molar-refractivity contribution in [1.29, 1.82) is 0 Å². The number of aromatic nitrogens is 2. The van der Waals surface area contributed by atoms with Gasteiger partial charge in [0, 0.05) is 55.9 Å². The van der Waals surface area contributed by atoms with Gasteiger partial charge in [-0.15, -0.1) is 11.3 Å². The second-order valence-corrected chi connectivity index (χ2v) is 16.5. The lowest BCUT2D eigenvalue weighted by Gasteiger charge is -2.26. The molecule has 2 fully saturated rings. The molecule has 1 aromatic carbocycles. The number of benzene rings is 1. The zero-order valence-electron chi connectivity index (χ0n) is 29.5. The average molecular weight is 740 g/mol. The number of methoxy groups -OCH3 is 1. The van der Waals surface area contributed by atoms with E-state index in [4.69, 9.17) is 19.4 Å². The number of rotatable bonds is 8. The van der Waals surface area contributed by atoms with E-state index in [1.165, 1.54) is 30.3 Å². The van der Waals surface area contributed by atoms with Crippen LogP contribution < -0.4 is 24.8 Å². The van der Waals surface area contributed by atoms with E-state index in [9.17, 15) is 22.8 Å². The van der Waals surface area contributed by atoms with Gasteiger partial charge in [-0.3, -0.25) is 9.59 Å². The summed E-state index contributed by atoms with van der Waals surface area (Å²) in [5.74, 6) is -0.389. The summed E-state index contributed by atoms with van der Waals surface area (Å²) in [7, 11) is 0.0978. The third-order valence-electron chi connectivity index (χ3n) is 9.59. The van der Waals surface area contributed by atoms with Crippen LogP contribution in [0.15, 0.2) is 41.8 Å². The number of nitrogens with zero attached hydrogens (tertiary/aromatic N) is 4. The van der Waals surface area contributed by atoms with Gasteiger partial charge in [-0.2, -0.15) is 12.7 Å². The van der Waals surface area contributed by atoms with Crippen LogP contribution in [0.1, 0.15) is 64.0 Å². The summed E-state index contributed by atoms with van der Waals surface area (Å²) >= 11 is 1.49. The van der Waals surface area contributed by atoms with Crippen LogP contribution in [-0.2, 0) is 19.8 Å². The van der Waals surface area contributed by atoms with Crippen molar-refractivity contribution in [2.75, 3.05) is 34.3 Å². The lowest BCUT2D eigenvalue weighted by molar-refractivity contribution is -0.131. The summed E-state index contributed by atoms with van der Waals surface area (Å²) in [5, 5.41) is 9.29. The standard InChI is InChI=1S/C35H45N7O7S2/c1-21(2)28-20-50-32(38-28)27-17-30(25-13-12-23(48-5)15-26(25)37-27)49-24-16-29-31(43)39-35(33(44)40-51(46,47)41(3)4)18-22(35)11-9-7-6-8-10-14-36-34(45)42(29)19-24/h9,11-13,15,17,20-22,24,29H,6-8,10,14,16,18-19H2,1-5H3,(H,36,45)(H,39,43)(H,40,44)/b11-9-/t22-,24-,29+,35-/m1/s1. The largest absolute Gasteiger partial charge is 0.497 e. The number of thiazole rings is 1. The van der Waals surface area contributed by atoms with Crippen LogP contribution in [0.5, 0.6) is 11.5 Å². The molecule has 2 aliphatic heterocycles. The van der Waals surface area contributed by atoms with E-state index in [1.54, 1.807) is 7.11 Å². The minimum atomic E-state index is -4.11. The fourth-order valence-corrected chi connectivity index (χ4v) is 7.96. The molecule has 3 aliphatic rings. The van der Waals surface area contributed by atoms with Gasteiger partial charge in [-0.1, -0.05) is 32.4 Å². The van der Waals surface area contributed by atoms with Gasteiger partial charge in [0.25, 0.3) is 5.91 Å². The van der Waals surface area contributed by atoms with E-state index in [0.29, 0.717) is 29.3 Å². The molecule has 3 N–H and O–H groups in total. The molecule has 1 saturated heterocycles. The first-order chi connectivity index (χ1) is 24.3. The van der Waals surface area contributed by atoms with Gasteiger partial charge in [-0.05, 0) is 43.7 Å². The normalized spacial score (nSPS) is 24.9. The molecule has 4 amide bonds. The molecule has 3 aromatic rings. The van der Waals surface area contributed by atoms with Crippen LogP contribution in [0, 0.1) is 5.92 Å². The molecular formula is C35H45N7O7S2. The molecule has 14 nitrogen and oxygen atoms in total. The molecule has 0 spiro atoms. The number of nitrogens with one attached hydrogen (secondary N) is 3. The predicted octanol–water partition coefficient (Wildman–Crippen LogP) is 3.95. The molecule has 0 radical (unpaired) electrons. The number of ether oxygens (including phenoxy) is 2. The van der Waals surface area contributed by atoms with E-state index in [1.807, 2.05) is 41.8 Å². The Morgan fingerprint density at radius 3 is 2.69 bits per heavy atom. The van der Waals surface area contributed by atoms with E-state index in [-0.39, 0.29) is 25.3 Å². The van der Waals surface area contributed by atoms with Crippen LogP contribution in [0.25, 0.3) is 21.6 Å². The Bertz CT molecular complexity index is 1950. The zero-order chi connectivity index (χ0) is 36.5. The maximum atomic E-state index is 14.1. The third-order valence-corrected chi connectivity index (χ3v) is 11.9. The summed E-state index contributed by atoms with van der Waals surface area (Å²) in [6.07, 6.45) is 6.91. The number of hydrogen-bond donors (Lipinski definition) is 3. The summed E-state index contributed by atoms with van der Waals surface area (Å²) in [6, 6.07) is 5.94. The molecule has 274 valence electrons. The molecular weight excluding hydrogens is 695 g/mol. The van der Waals surface area contributed by atoms with Crippen molar-refractivity contribution in [3.8, 4) is 22.2 Å².